The molecule has 1 aromatic carbocycles. The Balaban J connectivity index is 1.88. The third-order valence-electron chi connectivity index (χ3n) is 3.85. The van der Waals surface area contributed by atoms with E-state index >= 15 is 0 Å². The number of ether oxygens (including phenoxy) is 1. The van der Waals surface area contributed by atoms with Crippen LogP contribution < -0.4 is 10.1 Å². The van der Waals surface area contributed by atoms with Gasteiger partial charge in [-0.1, -0.05) is 20.8 Å². The number of methoxy groups -OCH3 is 1. The summed E-state index contributed by atoms with van der Waals surface area (Å²) in [5.41, 5.74) is 0.622. The molecule has 0 radical (unpaired) electrons. The summed E-state index contributed by atoms with van der Waals surface area (Å²) < 4.78 is 6.42. The van der Waals surface area contributed by atoms with E-state index < -0.39 is 5.41 Å². The summed E-state index contributed by atoms with van der Waals surface area (Å²) in [4.78, 5) is 20.5. The van der Waals surface area contributed by atoms with Gasteiger partial charge in [-0.25, -0.2) is 14.5 Å². The summed E-state index contributed by atoms with van der Waals surface area (Å²) in [5, 5.41) is 13.2. The Bertz CT molecular complexity index is 1000. The average Bonchev–Trinajstić information content (AvgIpc) is 3.04. The number of amides is 1. The summed E-state index contributed by atoms with van der Waals surface area (Å²) in [6, 6.07) is 11.7. The summed E-state index contributed by atoms with van der Waals surface area (Å²) in [6.45, 7) is 5.43. The van der Waals surface area contributed by atoms with Crippen LogP contribution in [0.1, 0.15) is 26.3 Å². The van der Waals surface area contributed by atoms with Crippen LogP contribution >= 0.6 is 0 Å². The van der Waals surface area contributed by atoms with Crippen LogP contribution in [0.3, 0.4) is 0 Å². The fourth-order valence-corrected chi connectivity index (χ4v) is 2.22. The number of carbonyl (C=O) groups excluding carboxylic acids is 1. The van der Waals surface area contributed by atoms with Crippen molar-refractivity contribution in [2.75, 3.05) is 12.4 Å². The van der Waals surface area contributed by atoms with Crippen LogP contribution in [0.25, 0.3) is 11.4 Å². The highest BCUT2D eigenvalue weighted by Crippen LogP contribution is 2.31. The van der Waals surface area contributed by atoms with E-state index in [0.717, 1.165) is 11.3 Å². The minimum atomic E-state index is -0.551. The fraction of sp³-hybridized carbons (Fsp3) is 0.250. The number of aromatic hydroxyl groups is 1. The smallest absolute Gasteiger partial charge is 0.230 e. The highest BCUT2D eigenvalue weighted by Gasteiger charge is 2.24. The number of hydrogen-bond donors (Lipinski definition) is 2. The van der Waals surface area contributed by atoms with Gasteiger partial charge in [0.1, 0.15) is 17.9 Å². The van der Waals surface area contributed by atoms with Crippen LogP contribution in [-0.4, -0.2) is 32.7 Å². The monoisotopic (exact) mass is 364 g/mol. The molecule has 1 amide bonds. The highest BCUT2D eigenvalue weighted by atomic mass is 16.5. The second-order valence-corrected chi connectivity index (χ2v) is 6.99. The number of carbonyl (C=O) groups is 1. The van der Waals surface area contributed by atoms with E-state index in [2.05, 4.69) is 27.2 Å². The Morgan fingerprint density at radius 2 is 1.96 bits per heavy atom. The molecule has 0 fully saturated rings. The molecule has 138 valence electrons. The van der Waals surface area contributed by atoms with E-state index in [1.807, 2.05) is 32.9 Å². The van der Waals surface area contributed by atoms with Gasteiger partial charge in [0.05, 0.1) is 12.7 Å². The van der Waals surface area contributed by atoms with Crippen LogP contribution in [0, 0.1) is 17.4 Å². The van der Waals surface area contributed by atoms with Gasteiger partial charge >= 0.3 is 0 Å². The first-order valence-electron chi connectivity index (χ1n) is 8.32. The molecule has 2 heterocycles. The maximum absolute atomic E-state index is 12.1. The summed E-state index contributed by atoms with van der Waals surface area (Å²) in [5.74, 6) is 4.10. The minimum Gasteiger partial charge on any atom is -0.497 e. The number of anilines is 1. The van der Waals surface area contributed by atoms with Gasteiger partial charge in [-0.2, -0.15) is 0 Å². The van der Waals surface area contributed by atoms with Crippen LogP contribution in [0.5, 0.6) is 11.6 Å². The Kier molecular flexibility index (Phi) is 4.74. The van der Waals surface area contributed by atoms with E-state index in [9.17, 15) is 9.90 Å². The van der Waals surface area contributed by atoms with Crippen molar-refractivity contribution in [3.8, 4) is 35.0 Å². The Morgan fingerprint density at radius 1 is 1.26 bits per heavy atom. The highest BCUT2D eigenvalue weighted by molar-refractivity contribution is 5.94. The van der Waals surface area contributed by atoms with Gasteiger partial charge < -0.3 is 15.2 Å². The van der Waals surface area contributed by atoms with Crippen LogP contribution in [0.15, 0.2) is 36.7 Å². The second kappa shape index (κ2) is 7.00. The van der Waals surface area contributed by atoms with Crippen molar-refractivity contribution in [1.29, 1.82) is 0 Å². The third kappa shape index (κ3) is 4.01. The maximum atomic E-state index is 12.1. The third-order valence-corrected chi connectivity index (χ3v) is 3.85. The molecule has 27 heavy (non-hydrogen) atoms. The van der Waals surface area contributed by atoms with E-state index in [1.54, 1.807) is 25.3 Å². The number of nitrogens with one attached hydrogen (secondary N) is 1. The van der Waals surface area contributed by atoms with E-state index in [-0.39, 0.29) is 11.8 Å². The molecule has 0 bridgehead atoms. The maximum Gasteiger partial charge on any atom is 0.230 e. The molecule has 0 unspecified atom stereocenters. The van der Waals surface area contributed by atoms with Gasteiger partial charge in [-0.3, -0.25) is 4.79 Å². The SMILES string of the molecule is COc1ccc(C#Cn2cnc3nc(NC(=O)C(C)(C)C)cc-3c2O)cc1. The predicted octanol–water partition coefficient (Wildman–Crippen LogP) is 2.94. The summed E-state index contributed by atoms with van der Waals surface area (Å²) in [7, 11) is 1.60. The quantitative estimate of drug-likeness (QED) is 0.683. The number of benzene rings is 1. The fourth-order valence-electron chi connectivity index (χ4n) is 2.22. The lowest BCUT2D eigenvalue weighted by Crippen LogP contribution is -2.27. The van der Waals surface area contributed by atoms with Gasteiger partial charge in [0.25, 0.3) is 0 Å². The number of nitrogens with zero attached hydrogens (tertiary/aromatic N) is 3. The number of aromatic nitrogens is 3. The lowest BCUT2D eigenvalue weighted by Gasteiger charge is -2.16. The van der Waals surface area contributed by atoms with Crippen molar-refractivity contribution < 1.29 is 14.6 Å². The normalized spacial score (nSPS) is 11.0. The Morgan fingerprint density at radius 3 is 2.59 bits per heavy atom. The molecular formula is C20H20N4O3. The second-order valence-electron chi connectivity index (χ2n) is 6.99. The molecule has 2 N–H and O–H groups in total. The van der Waals surface area contributed by atoms with Crippen molar-refractivity contribution in [1.82, 2.24) is 14.5 Å². The van der Waals surface area contributed by atoms with Crippen molar-refractivity contribution in [3.63, 3.8) is 0 Å². The van der Waals surface area contributed by atoms with E-state index in [1.165, 1.54) is 10.9 Å². The molecule has 0 saturated heterocycles. The minimum absolute atomic E-state index is 0.0928. The summed E-state index contributed by atoms with van der Waals surface area (Å²) in [6.07, 6.45) is 1.39. The zero-order valence-electron chi connectivity index (χ0n) is 15.6. The molecule has 0 spiro atoms. The van der Waals surface area contributed by atoms with Crippen LogP contribution in [0.2, 0.25) is 0 Å². The Labute approximate surface area is 157 Å². The first-order valence-corrected chi connectivity index (χ1v) is 8.32. The lowest BCUT2D eigenvalue weighted by molar-refractivity contribution is -0.123. The topological polar surface area (TPSA) is 89.3 Å². The molecule has 0 saturated carbocycles. The first kappa shape index (κ1) is 18.3. The first-order chi connectivity index (χ1) is 12.8. The van der Waals surface area contributed by atoms with Gasteiger partial charge in [-0.15, -0.1) is 0 Å². The van der Waals surface area contributed by atoms with Crippen molar-refractivity contribution >= 4 is 11.7 Å². The van der Waals surface area contributed by atoms with Crippen molar-refractivity contribution in [2.24, 2.45) is 5.41 Å². The molecular weight excluding hydrogens is 344 g/mol. The largest absolute Gasteiger partial charge is 0.497 e. The van der Waals surface area contributed by atoms with Gasteiger partial charge in [-0.05, 0) is 36.3 Å². The molecule has 0 atom stereocenters. The van der Waals surface area contributed by atoms with Gasteiger partial charge in [0, 0.05) is 17.0 Å². The lowest BCUT2D eigenvalue weighted by atomic mass is 9.96. The predicted molar refractivity (Wildman–Crippen MR) is 102 cm³/mol. The number of hydrogen-bond acceptors (Lipinski definition) is 5. The number of fused-ring (bicyclic) bond motifs is 1. The summed E-state index contributed by atoms with van der Waals surface area (Å²) >= 11 is 0. The number of rotatable bonds is 2. The molecule has 3 rings (SSSR count). The van der Waals surface area contributed by atoms with Crippen molar-refractivity contribution in [3.05, 3.63) is 42.2 Å². The van der Waals surface area contributed by atoms with Crippen molar-refractivity contribution in [2.45, 2.75) is 20.8 Å². The van der Waals surface area contributed by atoms with E-state index in [4.69, 9.17) is 4.74 Å². The molecule has 2 aliphatic rings. The zero-order chi connectivity index (χ0) is 19.6. The van der Waals surface area contributed by atoms with E-state index in [0.29, 0.717) is 17.2 Å². The van der Waals surface area contributed by atoms with Gasteiger partial charge in [0.15, 0.2) is 5.82 Å². The standard InChI is InChI=1S/C20H20N4O3/c1-20(2,3)19(26)23-16-11-15-17(22-16)21-12-24(18(15)25)10-9-13-5-7-14(27-4)8-6-13/h5-8,11-12,25H,1-4H3,(H,23,26). The molecule has 0 aliphatic carbocycles. The molecule has 2 aliphatic heterocycles. The molecule has 1 aromatic rings. The molecule has 7 heteroatoms. The molecule has 7 nitrogen and oxygen atoms in total. The van der Waals surface area contributed by atoms with Crippen LogP contribution in [-0.2, 0) is 4.79 Å². The average molecular weight is 364 g/mol. The Hall–Kier alpha value is -3.53. The zero-order valence-corrected chi connectivity index (χ0v) is 15.6. The van der Waals surface area contributed by atoms with Crippen LogP contribution in [0.4, 0.5) is 5.82 Å². The molecule has 0 aromatic heterocycles. The van der Waals surface area contributed by atoms with Gasteiger partial charge in [0.2, 0.25) is 11.8 Å².